The largest absolute Gasteiger partial charge is 0.322 e. The van der Waals surface area contributed by atoms with E-state index in [9.17, 15) is 22.8 Å². The van der Waals surface area contributed by atoms with Gasteiger partial charge in [-0.3, -0.25) is 9.88 Å². The summed E-state index contributed by atoms with van der Waals surface area (Å²) >= 11 is 0. The highest BCUT2D eigenvalue weighted by Gasteiger charge is 2.37. The van der Waals surface area contributed by atoms with Crippen molar-refractivity contribution < 1.29 is 22.8 Å². The van der Waals surface area contributed by atoms with Gasteiger partial charge in [-0.2, -0.15) is 0 Å². The van der Waals surface area contributed by atoms with Gasteiger partial charge in [-0.25, -0.2) is 18.0 Å². The van der Waals surface area contributed by atoms with Crippen molar-refractivity contribution in [1.82, 2.24) is 14.8 Å². The number of likely N-dealkylation sites (N-methyl/N-ethyl adjacent to an activating group) is 1. The molecule has 2 unspecified atom stereocenters. The van der Waals surface area contributed by atoms with Crippen molar-refractivity contribution in [2.75, 3.05) is 25.5 Å². The molecule has 9 heteroatoms. The lowest BCUT2D eigenvalue weighted by atomic mass is 10.1. The first-order chi connectivity index (χ1) is 14.9. The first-order valence-electron chi connectivity index (χ1n) is 9.87. The van der Waals surface area contributed by atoms with E-state index in [-0.39, 0.29) is 30.2 Å². The molecule has 1 N–H and O–H groups in total. The van der Waals surface area contributed by atoms with Crippen molar-refractivity contribution in [3.8, 4) is 0 Å². The number of aldehydes is 1. The first-order valence-corrected chi connectivity index (χ1v) is 9.87. The molecule has 2 amide bonds. The summed E-state index contributed by atoms with van der Waals surface area (Å²) in [6, 6.07) is 5.50. The Hall–Kier alpha value is -3.20. The molecule has 0 radical (unpaired) electrons. The van der Waals surface area contributed by atoms with Crippen LogP contribution in [0.15, 0.2) is 36.5 Å². The van der Waals surface area contributed by atoms with Gasteiger partial charge in [-0.15, -0.1) is 0 Å². The van der Waals surface area contributed by atoms with Crippen LogP contribution in [0.1, 0.15) is 17.7 Å². The minimum atomic E-state index is -0.992. The van der Waals surface area contributed by atoms with Gasteiger partial charge in [0.2, 0.25) is 0 Å². The number of hydrogen-bond acceptors (Lipinski definition) is 4. The summed E-state index contributed by atoms with van der Waals surface area (Å²) in [7, 11) is 2.14. The summed E-state index contributed by atoms with van der Waals surface area (Å²) in [4.78, 5) is 29.3. The summed E-state index contributed by atoms with van der Waals surface area (Å²) in [5, 5.41) is 2.38. The van der Waals surface area contributed by atoms with Gasteiger partial charge in [0.1, 0.15) is 12.1 Å². The van der Waals surface area contributed by atoms with Crippen molar-refractivity contribution >= 4 is 23.6 Å². The number of nitrogens with one attached hydrogen (secondary N) is 1. The van der Waals surface area contributed by atoms with Crippen molar-refractivity contribution in [2.45, 2.75) is 19.0 Å². The molecular formula is C22H21F3N4O2. The number of anilines is 1. The molecule has 1 aromatic heterocycles. The minimum absolute atomic E-state index is 0.0569. The third-order valence-corrected chi connectivity index (χ3v) is 5.75. The zero-order valence-corrected chi connectivity index (χ0v) is 16.8. The second kappa shape index (κ2) is 8.50. The van der Waals surface area contributed by atoms with Crippen molar-refractivity contribution in [3.63, 3.8) is 0 Å². The third kappa shape index (κ3) is 4.18. The van der Waals surface area contributed by atoms with Gasteiger partial charge in [0.15, 0.2) is 11.6 Å². The highest BCUT2D eigenvalue weighted by atomic mass is 19.2. The lowest BCUT2D eigenvalue weighted by Gasteiger charge is -2.27. The van der Waals surface area contributed by atoms with Crippen LogP contribution < -0.4 is 5.32 Å². The summed E-state index contributed by atoms with van der Waals surface area (Å²) in [6.07, 6.45) is 5.32. The average molecular weight is 430 g/mol. The number of rotatable bonds is 3. The standard InChI is InChI=1S/C12H13FN2.C10H8F2N2O2/c1-15-7-8-4-10(12(15)5-8)11-3-2-9(13)6-14-11;11-7-1-2-8-6(9(7)12)5-14(3-4-15)10(16)13-8/h2-4,6,8,12H,5,7H2,1H3;1-2,4H,3,5H2,(H,13,16). The predicted molar refractivity (Wildman–Crippen MR) is 109 cm³/mol. The Morgan fingerprint density at radius 2 is 2.03 bits per heavy atom. The fourth-order valence-electron chi connectivity index (χ4n) is 4.25. The predicted octanol–water partition coefficient (Wildman–Crippen LogP) is 3.45. The summed E-state index contributed by atoms with van der Waals surface area (Å²) in [5.41, 5.74) is 2.50. The number of carbonyl (C=O) groups is 2. The molecule has 3 heterocycles. The zero-order valence-electron chi connectivity index (χ0n) is 16.8. The smallest absolute Gasteiger partial charge is 0.313 e. The number of urea groups is 1. The van der Waals surface area contributed by atoms with Crippen molar-refractivity contribution in [2.24, 2.45) is 5.92 Å². The molecule has 2 aliphatic heterocycles. The van der Waals surface area contributed by atoms with E-state index in [0.717, 1.165) is 23.2 Å². The fourth-order valence-corrected chi connectivity index (χ4v) is 4.25. The fraction of sp³-hybridized carbons (Fsp3) is 0.318. The Balaban J connectivity index is 0.000000149. The number of hydrogen-bond donors (Lipinski definition) is 1. The van der Waals surface area contributed by atoms with Crippen LogP contribution in [0.3, 0.4) is 0 Å². The number of aromatic nitrogens is 1. The number of fused-ring (bicyclic) bond motifs is 3. The van der Waals surface area contributed by atoms with Crippen molar-refractivity contribution in [3.05, 3.63) is 65.2 Å². The lowest BCUT2D eigenvalue weighted by molar-refractivity contribution is -0.108. The SMILES string of the molecule is CN1CC2C=C(c3ccc(F)cn3)C1C2.O=CCN1Cc2c(ccc(F)c2F)NC1=O. The summed E-state index contributed by atoms with van der Waals surface area (Å²) in [6.45, 7) is 0.889. The van der Waals surface area contributed by atoms with E-state index >= 15 is 0 Å². The maximum atomic E-state index is 13.4. The highest BCUT2D eigenvalue weighted by molar-refractivity contribution is 5.93. The van der Waals surface area contributed by atoms with E-state index in [2.05, 4.69) is 28.3 Å². The van der Waals surface area contributed by atoms with Gasteiger partial charge in [0.25, 0.3) is 0 Å². The molecule has 5 rings (SSSR count). The van der Waals surface area contributed by atoms with Crippen molar-refractivity contribution in [1.29, 1.82) is 0 Å². The van der Waals surface area contributed by atoms with E-state index in [0.29, 0.717) is 18.2 Å². The molecule has 1 saturated heterocycles. The highest BCUT2D eigenvalue weighted by Crippen LogP contribution is 2.40. The molecule has 1 aliphatic carbocycles. The Morgan fingerprint density at radius 1 is 1.23 bits per heavy atom. The molecule has 2 bridgehead atoms. The van der Waals surface area contributed by atoms with E-state index in [1.807, 2.05) is 0 Å². The summed E-state index contributed by atoms with van der Waals surface area (Å²) < 4.78 is 39.1. The number of amides is 2. The molecular weight excluding hydrogens is 409 g/mol. The Labute approximate surface area is 177 Å². The van der Waals surface area contributed by atoms with Crippen LogP contribution in [0.25, 0.3) is 5.57 Å². The molecule has 31 heavy (non-hydrogen) atoms. The van der Waals surface area contributed by atoms with E-state index in [1.165, 1.54) is 30.3 Å². The molecule has 2 aromatic rings. The summed E-state index contributed by atoms with van der Waals surface area (Å²) in [5.74, 6) is -1.56. The third-order valence-electron chi connectivity index (χ3n) is 5.75. The number of likely N-dealkylation sites (tertiary alicyclic amines) is 1. The monoisotopic (exact) mass is 430 g/mol. The normalized spacial score (nSPS) is 21.7. The Morgan fingerprint density at radius 3 is 2.68 bits per heavy atom. The van der Waals surface area contributed by atoms with Crippen LogP contribution >= 0.6 is 0 Å². The van der Waals surface area contributed by atoms with Crippen LogP contribution in [0.5, 0.6) is 0 Å². The number of carbonyl (C=O) groups excluding carboxylic acids is 2. The number of benzene rings is 1. The van der Waals surface area contributed by atoms with E-state index < -0.39 is 17.7 Å². The number of pyridine rings is 1. The van der Waals surface area contributed by atoms with Gasteiger partial charge in [-0.1, -0.05) is 6.08 Å². The van der Waals surface area contributed by atoms with Gasteiger partial charge < -0.3 is 15.0 Å². The van der Waals surface area contributed by atoms with Gasteiger partial charge in [0, 0.05) is 18.2 Å². The topological polar surface area (TPSA) is 65.5 Å². The molecule has 1 fully saturated rings. The number of halogens is 3. The maximum Gasteiger partial charge on any atom is 0.322 e. The molecule has 6 nitrogen and oxygen atoms in total. The van der Waals surface area contributed by atoms with E-state index in [1.54, 1.807) is 6.07 Å². The molecule has 0 saturated carbocycles. The van der Waals surface area contributed by atoms with Gasteiger partial charge >= 0.3 is 6.03 Å². The second-order valence-electron chi connectivity index (χ2n) is 7.80. The molecule has 2 atom stereocenters. The average Bonchev–Trinajstić information content (AvgIpc) is 3.33. The zero-order chi connectivity index (χ0) is 22.1. The molecule has 162 valence electrons. The molecule has 1 aromatic carbocycles. The van der Waals surface area contributed by atoms with Crippen LogP contribution in [-0.4, -0.2) is 53.3 Å². The van der Waals surface area contributed by atoms with Gasteiger partial charge in [0.05, 0.1) is 30.7 Å². The van der Waals surface area contributed by atoms with Crippen LogP contribution in [0.2, 0.25) is 0 Å². The second-order valence-corrected chi connectivity index (χ2v) is 7.80. The van der Waals surface area contributed by atoms with Crippen LogP contribution in [0.4, 0.5) is 23.7 Å². The molecule has 0 spiro atoms. The Kier molecular flexibility index (Phi) is 5.77. The lowest BCUT2D eigenvalue weighted by Crippen LogP contribution is -2.40. The quantitative estimate of drug-likeness (QED) is 0.758. The van der Waals surface area contributed by atoms with Crippen LogP contribution in [-0.2, 0) is 11.3 Å². The number of nitrogens with zero attached hydrogens (tertiary/aromatic N) is 3. The maximum absolute atomic E-state index is 13.4. The van der Waals surface area contributed by atoms with Crippen LogP contribution in [0, 0.1) is 23.4 Å². The Bertz CT molecular complexity index is 1040. The first kappa shape index (κ1) is 21.0. The minimum Gasteiger partial charge on any atom is -0.313 e. The van der Waals surface area contributed by atoms with Gasteiger partial charge in [-0.05, 0) is 49.2 Å². The molecule has 3 aliphatic rings. The van der Waals surface area contributed by atoms with E-state index in [4.69, 9.17) is 0 Å².